The van der Waals surface area contributed by atoms with Crippen molar-refractivity contribution in [1.82, 2.24) is 15.0 Å². The van der Waals surface area contributed by atoms with Crippen molar-refractivity contribution in [1.29, 1.82) is 0 Å². The standard InChI is InChI=1S/C15H26N6/c1-15(2,3)19-12-16-13(20-8-4-5-9-20)18-14(17-12)21-10-6-7-11-21/h4-11H2,1-3H3,(H,16,17,18,19). The normalized spacial score (nSPS) is 19.4. The predicted octanol–water partition coefficient (Wildman–Crippen LogP) is 2.28. The Kier molecular flexibility index (Phi) is 3.87. The van der Waals surface area contributed by atoms with Crippen LogP contribution in [0, 0.1) is 0 Å². The first-order chi connectivity index (χ1) is 10.0. The van der Waals surface area contributed by atoms with E-state index in [1.54, 1.807) is 0 Å². The minimum atomic E-state index is -0.0497. The Hall–Kier alpha value is -1.59. The van der Waals surface area contributed by atoms with Crippen LogP contribution < -0.4 is 15.1 Å². The van der Waals surface area contributed by atoms with Crippen LogP contribution in [-0.4, -0.2) is 46.7 Å². The Morgan fingerprint density at radius 1 is 0.762 bits per heavy atom. The molecule has 2 aliphatic heterocycles. The molecule has 0 bridgehead atoms. The fraction of sp³-hybridized carbons (Fsp3) is 0.800. The highest BCUT2D eigenvalue weighted by Crippen LogP contribution is 2.23. The predicted molar refractivity (Wildman–Crippen MR) is 86.1 cm³/mol. The van der Waals surface area contributed by atoms with E-state index in [0.29, 0.717) is 5.95 Å². The molecule has 0 aliphatic carbocycles. The van der Waals surface area contributed by atoms with E-state index in [1.165, 1.54) is 25.7 Å². The molecule has 0 radical (unpaired) electrons. The summed E-state index contributed by atoms with van der Waals surface area (Å²) in [6.45, 7) is 10.6. The van der Waals surface area contributed by atoms with Gasteiger partial charge in [0, 0.05) is 31.7 Å². The number of aromatic nitrogens is 3. The Bertz CT molecular complexity index is 449. The lowest BCUT2D eigenvalue weighted by atomic mass is 10.1. The van der Waals surface area contributed by atoms with Crippen molar-refractivity contribution >= 4 is 17.8 Å². The van der Waals surface area contributed by atoms with Crippen molar-refractivity contribution in [3.05, 3.63) is 0 Å². The topological polar surface area (TPSA) is 57.2 Å². The summed E-state index contributed by atoms with van der Waals surface area (Å²) < 4.78 is 0. The van der Waals surface area contributed by atoms with Crippen LogP contribution in [-0.2, 0) is 0 Å². The van der Waals surface area contributed by atoms with Crippen LogP contribution in [0.25, 0.3) is 0 Å². The summed E-state index contributed by atoms with van der Waals surface area (Å²) in [6, 6.07) is 0. The summed E-state index contributed by atoms with van der Waals surface area (Å²) in [7, 11) is 0. The molecule has 3 heterocycles. The van der Waals surface area contributed by atoms with Gasteiger partial charge in [-0.25, -0.2) is 0 Å². The van der Waals surface area contributed by atoms with Crippen LogP contribution in [0.1, 0.15) is 46.5 Å². The highest BCUT2D eigenvalue weighted by Gasteiger charge is 2.22. The molecule has 3 rings (SSSR count). The first kappa shape index (κ1) is 14.4. The second-order valence-electron chi connectivity index (χ2n) is 7.02. The third kappa shape index (κ3) is 3.54. The molecule has 0 unspecified atom stereocenters. The fourth-order valence-electron chi connectivity index (χ4n) is 2.86. The van der Waals surface area contributed by atoms with E-state index >= 15 is 0 Å². The molecule has 1 N–H and O–H groups in total. The molecule has 21 heavy (non-hydrogen) atoms. The lowest BCUT2D eigenvalue weighted by molar-refractivity contribution is 0.624. The number of rotatable bonds is 3. The number of hydrogen-bond acceptors (Lipinski definition) is 6. The van der Waals surface area contributed by atoms with Gasteiger partial charge in [-0.3, -0.25) is 0 Å². The average molecular weight is 290 g/mol. The molecule has 0 saturated carbocycles. The summed E-state index contributed by atoms with van der Waals surface area (Å²) in [5, 5.41) is 3.39. The summed E-state index contributed by atoms with van der Waals surface area (Å²) in [5.41, 5.74) is -0.0497. The minimum absolute atomic E-state index is 0.0497. The molecular formula is C15H26N6. The van der Waals surface area contributed by atoms with E-state index in [0.717, 1.165) is 38.1 Å². The maximum Gasteiger partial charge on any atom is 0.231 e. The van der Waals surface area contributed by atoms with Crippen LogP contribution in [0.2, 0.25) is 0 Å². The maximum atomic E-state index is 4.72. The van der Waals surface area contributed by atoms with Gasteiger partial charge >= 0.3 is 0 Å². The van der Waals surface area contributed by atoms with Gasteiger partial charge in [0.25, 0.3) is 0 Å². The van der Waals surface area contributed by atoms with E-state index in [2.05, 4.69) is 45.9 Å². The summed E-state index contributed by atoms with van der Waals surface area (Å²) >= 11 is 0. The second kappa shape index (κ2) is 5.66. The van der Waals surface area contributed by atoms with E-state index in [9.17, 15) is 0 Å². The van der Waals surface area contributed by atoms with Crippen LogP contribution in [0.3, 0.4) is 0 Å². The van der Waals surface area contributed by atoms with Crippen LogP contribution in [0.5, 0.6) is 0 Å². The van der Waals surface area contributed by atoms with Gasteiger partial charge in [0.2, 0.25) is 17.8 Å². The van der Waals surface area contributed by atoms with Gasteiger partial charge in [-0.1, -0.05) is 0 Å². The van der Waals surface area contributed by atoms with E-state index < -0.39 is 0 Å². The zero-order valence-corrected chi connectivity index (χ0v) is 13.4. The quantitative estimate of drug-likeness (QED) is 0.921. The minimum Gasteiger partial charge on any atom is -0.349 e. The molecule has 2 fully saturated rings. The third-order valence-electron chi connectivity index (χ3n) is 3.88. The zero-order valence-electron chi connectivity index (χ0n) is 13.4. The van der Waals surface area contributed by atoms with Crippen LogP contribution >= 0.6 is 0 Å². The lowest BCUT2D eigenvalue weighted by Gasteiger charge is -2.24. The fourth-order valence-corrected chi connectivity index (χ4v) is 2.86. The van der Waals surface area contributed by atoms with Gasteiger partial charge in [0.15, 0.2) is 0 Å². The molecule has 116 valence electrons. The first-order valence-corrected chi connectivity index (χ1v) is 8.05. The van der Waals surface area contributed by atoms with Crippen molar-refractivity contribution in [2.45, 2.75) is 52.0 Å². The molecule has 1 aromatic heterocycles. The van der Waals surface area contributed by atoms with Gasteiger partial charge in [0.05, 0.1) is 0 Å². The van der Waals surface area contributed by atoms with Crippen LogP contribution in [0.4, 0.5) is 17.8 Å². The smallest absolute Gasteiger partial charge is 0.231 e. The summed E-state index contributed by atoms with van der Waals surface area (Å²) in [5.74, 6) is 2.36. The Morgan fingerprint density at radius 2 is 1.19 bits per heavy atom. The van der Waals surface area contributed by atoms with Gasteiger partial charge in [0.1, 0.15) is 0 Å². The summed E-state index contributed by atoms with van der Waals surface area (Å²) in [6.07, 6.45) is 4.92. The van der Waals surface area contributed by atoms with Gasteiger partial charge in [-0.2, -0.15) is 15.0 Å². The molecule has 1 aromatic rings. The maximum absolute atomic E-state index is 4.72. The van der Waals surface area contributed by atoms with E-state index in [1.807, 2.05) is 0 Å². The van der Waals surface area contributed by atoms with Crippen molar-refractivity contribution in [2.75, 3.05) is 41.3 Å². The largest absolute Gasteiger partial charge is 0.349 e. The molecular weight excluding hydrogens is 264 g/mol. The molecule has 0 spiro atoms. The average Bonchev–Trinajstić information content (AvgIpc) is 3.10. The highest BCUT2D eigenvalue weighted by molar-refractivity contribution is 5.46. The highest BCUT2D eigenvalue weighted by atomic mass is 15.4. The van der Waals surface area contributed by atoms with Gasteiger partial charge < -0.3 is 15.1 Å². The van der Waals surface area contributed by atoms with Crippen molar-refractivity contribution < 1.29 is 0 Å². The van der Waals surface area contributed by atoms with Gasteiger partial charge in [-0.05, 0) is 46.5 Å². The van der Waals surface area contributed by atoms with Crippen molar-refractivity contribution in [2.24, 2.45) is 0 Å². The molecule has 2 aliphatic rings. The Balaban J connectivity index is 1.90. The second-order valence-corrected chi connectivity index (χ2v) is 7.02. The lowest BCUT2D eigenvalue weighted by Crippen LogP contribution is -2.30. The van der Waals surface area contributed by atoms with E-state index in [4.69, 9.17) is 4.98 Å². The van der Waals surface area contributed by atoms with E-state index in [-0.39, 0.29) is 5.54 Å². The number of nitrogens with one attached hydrogen (secondary N) is 1. The third-order valence-corrected chi connectivity index (χ3v) is 3.88. The molecule has 6 heteroatoms. The zero-order chi connectivity index (χ0) is 14.9. The number of nitrogens with zero attached hydrogens (tertiary/aromatic N) is 5. The molecule has 2 saturated heterocycles. The SMILES string of the molecule is CC(C)(C)Nc1nc(N2CCCC2)nc(N2CCCC2)n1. The molecule has 0 amide bonds. The Labute approximate surface area is 127 Å². The van der Waals surface area contributed by atoms with Crippen molar-refractivity contribution in [3.63, 3.8) is 0 Å². The summed E-state index contributed by atoms with van der Waals surface area (Å²) in [4.78, 5) is 18.5. The van der Waals surface area contributed by atoms with Crippen LogP contribution in [0.15, 0.2) is 0 Å². The number of hydrogen-bond donors (Lipinski definition) is 1. The molecule has 0 aromatic carbocycles. The molecule has 6 nitrogen and oxygen atoms in total. The van der Waals surface area contributed by atoms with Crippen molar-refractivity contribution in [3.8, 4) is 0 Å². The Morgan fingerprint density at radius 3 is 1.57 bits per heavy atom. The molecule has 0 atom stereocenters. The first-order valence-electron chi connectivity index (χ1n) is 8.05. The van der Waals surface area contributed by atoms with Gasteiger partial charge in [-0.15, -0.1) is 0 Å². The number of anilines is 3. The monoisotopic (exact) mass is 290 g/mol.